The van der Waals surface area contributed by atoms with E-state index in [2.05, 4.69) is 4.99 Å². The van der Waals surface area contributed by atoms with E-state index in [-0.39, 0.29) is 17.9 Å². The number of aromatic carboxylic acids is 1. The van der Waals surface area contributed by atoms with Crippen LogP contribution in [0.15, 0.2) is 47.5 Å². The third-order valence-electron chi connectivity index (χ3n) is 2.95. The quantitative estimate of drug-likeness (QED) is 0.828. The Morgan fingerprint density at radius 2 is 2.05 bits per heavy atom. The summed E-state index contributed by atoms with van der Waals surface area (Å²) in [5.74, 6) is -0.539. The average molecular weight is 285 g/mol. The first-order valence-corrected chi connectivity index (χ1v) is 6.30. The van der Waals surface area contributed by atoms with Gasteiger partial charge in [0.25, 0.3) is 0 Å². The summed E-state index contributed by atoms with van der Waals surface area (Å²) in [5.41, 5.74) is 1.65. The summed E-state index contributed by atoms with van der Waals surface area (Å²) >= 11 is 0. The summed E-state index contributed by atoms with van der Waals surface area (Å²) in [5, 5.41) is 18.6. The Labute approximate surface area is 122 Å². The molecule has 0 amide bonds. The van der Waals surface area contributed by atoms with E-state index < -0.39 is 5.97 Å². The van der Waals surface area contributed by atoms with Crippen molar-refractivity contribution in [2.24, 2.45) is 4.99 Å². The highest BCUT2D eigenvalue weighted by Crippen LogP contribution is 2.25. The Morgan fingerprint density at radius 1 is 1.29 bits per heavy atom. The zero-order valence-electron chi connectivity index (χ0n) is 11.5. The Balaban J connectivity index is 2.15. The molecule has 0 bridgehead atoms. The standard InChI is InChI=1S/C16H15NO4/c1-21-15-8-11(6-7-14(15)18)9-17-10-12-4-2-3-5-13(12)16(19)20/h2-9,18H,10H2,1H3,(H,19,20). The zero-order valence-corrected chi connectivity index (χ0v) is 11.5. The van der Waals surface area contributed by atoms with Crippen LogP contribution in [0.3, 0.4) is 0 Å². The van der Waals surface area contributed by atoms with Gasteiger partial charge in [0.2, 0.25) is 0 Å². The van der Waals surface area contributed by atoms with Crippen LogP contribution in [0.5, 0.6) is 11.5 Å². The second-order valence-electron chi connectivity index (χ2n) is 4.36. The number of nitrogens with zero attached hydrogens (tertiary/aromatic N) is 1. The molecule has 2 aromatic rings. The molecule has 0 radical (unpaired) electrons. The lowest BCUT2D eigenvalue weighted by molar-refractivity contribution is 0.0695. The molecule has 0 atom stereocenters. The van der Waals surface area contributed by atoms with Crippen molar-refractivity contribution in [2.75, 3.05) is 7.11 Å². The van der Waals surface area contributed by atoms with Crippen LogP contribution in [-0.2, 0) is 6.54 Å². The van der Waals surface area contributed by atoms with Gasteiger partial charge in [-0.1, -0.05) is 18.2 Å². The van der Waals surface area contributed by atoms with Gasteiger partial charge >= 0.3 is 5.97 Å². The minimum absolute atomic E-state index is 0.0610. The lowest BCUT2D eigenvalue weighted by Crippen LogP contribution is -2.01. The molecule has 0 saturated heterocycles. The fourth-order valence-corrected chi connectivity index (χ4v) is 1.89. The lowest BCUT2D eigenvalue weighted by atomic mass is 10.1. The number of hydrogen-bond donors (Lipinski definition) is 2. The maximum atomic E-state index is 11.1. The molecule has 0 fully saturated rings. The number of phenolic OH excluding ortho intramolecular Hbond substituents is 1. The van der Waals surface area contributed by atoms with Gasteiger partial charge in [-0.15, -0.1) is 0 Å². The van der Waals surface area contributed by atoms with Gasteiger partial charge in [-0.05, 0) is 35.4 Å². The van der Waals surface area contributed by atoms with E-state index in [0.29, 0.717) is 11.3 Å². The van der Waals surface area contributed by atoms with Crippen LogP contribution >= 0.6 is 0 Å². The van der Waals surface area contributed by atoms with E-state index in [4.69, 9.17) is 9.84 Å². The maximum absolute atomic E-state index is 11.1. The Kier molecular flexibility index (Phi) is 4.56. The molecular formula is C16H15NO4. The number of hydrogen-bond acceptors (Lipinski definition) is 4. The number of ether oxygens (including phenoxy) is 1. The topological polar surface area (TPSA) is 79.1 Å². The minimum atomic E-state index is -0.966. The number of phenols is 1. The first-order valence-electron chi connectivity index (χ1n) is 6.30. The van der Waals surface area contributed by atoms with Crippen molar-refractivity contribution < 1.29 is 19.7 Å². The average Bonchev–Trinajstić information content (AvgIpc) is 2.49. The monoisotopic (exact) mass is 285 g/mol. The molecule has 5 heteroatoms. The fourth-order valence-electron chi connectivity index (χ4n) is 1.89. The van der Waals surface area contributed by atoms with Crippen LogP contribution in [0.2, 0.25) is 0 Å². The lowest BCUT2D eigenvalue weighted by Gasteiger charge is -2.04. The van der Waals surface area contributed by atoms with Crippen LogP contribution in [0, 0.1) is 0 Å². The third kappa shape index (κ3) is 3.60. The number of rotatable bonds is 5. The predicted octanol–water partition coefficient (Wildman–Crippen LogP) is 2.72. The number of carboxylic acid groups (broad SMARTS) is 1. The second-order valence-corrected chi connectivity index (χ2v) is 4.36. The van der Waals surface area contributed by atoms with E-state index in [9.17, 15) is 9.90 Å². The van der Waals surface area contributed by atoms with E-state index in [1.165, 1.54) is 13.2 Å². The van der Waals surface area contributed by atoms with Crippen molar-refractivity contribution in [1.82, 2.24) is 0 Å². The molecule has 0 saturated carbocycles. The molecule has 108 valence electrons. The summed E-state index contributed by atoms with van der Waals surface area (Å²) in [6.45, 7) is 0.270. The van der Waals surface area contributed by atoms with Gasteiger partial charge in [0.15, 0.2) is 11.5 Å². The van der Waals surface area contributed by atoms with Crippen LogP contribution < -0.4 is 4.74 Å². The molecule has 0 unspecified atom stereocenters. The van der Waals surface area contributed by atoms with Gasteiger partial charge in [0, 0.05) is 6.21 Å². The Hall–Kier alpha value is -2.82. The van der Waals surface area contributed by atoms with Gasteiger partial charge in [-0.2, -0.15) is 0 Å². The van der Waals surface area contributed by atoms with Crippen molar-refractivity contribution in [3.63, 3.8) is 0 Å². The highest BCUT2D eigenvalue weighted by atomic mass is 16.5. The summed E-state index contributed by atoms with van der Waals surface area (Å²) in [7, 11) is 1.47. The number of benzene rings is 2. The minimum Gasteiger partial charge on any atom is -0.504 e. The molecule has 5 nitrogen and oxygen atoms in total. The summed E-state index contributed by atoms with van der Waals surface area (Å²) < 4.78 is 5.01. The first-order chi connectivity index (χ1) is 10.1. The highest BCUT2D eigenvalue weighted by molar-refractivity contribution is 5.89. The third-order valence-corrected chi connectivity index (χ3v) is 2.95. The van der Waals surface area contributed by atoms with Crippen molar-refractivity contribution in [3.05, 3.63) is 59.2 Å². The molecule has 2 aromatic carbocycles. The van der Waals surface area contributed by atoms with E-state index in [0.717, 1.165) is 5.56 Å². The van der Waals surface area contributed by atoms with E-state index in [1.54, 1.807) is 42.6 Å². The molecule has 21 heavy (non-hydrogen) atoms. The molecule has 2 N–H and O–H groups in total. The molecule has 0 aliphatic rings. The summed E-state index contributed by atoms with van der Waals surface area (Å²) in [6, 6.07) is 11.6. The van der Waals surface area contributed by atoms with E-state index >= 15 is 0 Å². The smallest absolute Gasteiger partial charge is 0.336 e. The fraction of sp³-hybridized carbons (Fsp3) is 0.125. The van der Waals surface area contributed by atoms with Gasteiger partial charge in [-0.3, -0.25) is 4.99 Å². The van der Waals surface area contributed by atoms with Gasteiger partial charge in [-0.25, -0.2) is 4.79 Å². The molecular weight excluding hydrogens is 270 g/mol. The van der Waals surface area contributed by atoms with Crippen molar-refractivity contribution in [2.45, 2.75) is 6.54 Å². The highest BCUT2D eigenvalue weighted by Gasteiger charge is 2.07. The van der Waals surface area contributed by atoms with Crippen LogP contribution in [0.4, 0.5) is 0 Å². The SMILES string of the molecule is COc1cc(C=NCc2ccccc2C(=O)O)ccc1O. The number of methoxy groups -OCH3 is 1. The largest absolute Gasteiger partial charge is 0.504 e. The van der Waals surface area contributed by atoms with E-state index in [1.807, 2.05) is 0 Å². The van der Waals surface area contributed by atoms with Crippen molar-refractivity contribution >= 4 is 12.2 Å². The van der Waals surface area contributed by atoms with Gasteiger partial charge in [0.1, 0.15) is 0 Å². The number of carboxylic acids is 1. The Morgan fingerprint density at radius 3 is 2.76 bits per heavy atom. The second kappa shape index (κ2) is 6.56. The predicted molar refractivity (Wildman–Crippen MR) is 79.4 cm³/mol. The number of aliphatic imine (C=N–C) groups is 1. The molecule has 0 aromatic heterocycles. The number of aromatic hydroxyl groups is 1. The summed E-state index contributed by atoms with van der Waals surface area (Å²) in [4.78, 5) is 15.3. The molecule has 0 aliphatic heterocycles. The van der Waals surface area contributed by atoms with Gasteiger partial charge in [0.05, 0.1) is 19.2 Å². The Bertz CT molecular complexity index is 680. The molecule has 0 aliphatic carbocycles. The normalized spacial score (nSPS) is 10.7. The van der Waals surface area contributed by atoms with Crippen molar-refractivity contribution in [3.8, 4) is 11.5 Å². The van der Waals surface area contributed by atoms with Crippen LogP contribution in [0.25, 0.3) is 0 Å². The molecule has 0 spiro atoms. The summed E-state index contributed by atoms with van der Waals surface area (Å²) in [6.07, 6.45) is 1.61. The van der Waals surface area contributed by atoms with Gasteiger partial charge < -0.3 is 14.9 Å². The zero-order chi connectivity index (χ0) is 15.2. The van der Waals surface area contributed by atoms with Crippen molar-refractivity contribution in [1.29, 1.82) is 0 Å². The molecule has 2 rings (SSSR count). The van der Waals surface area contributed by atoms with Crippen LogP contribution in [0.1, 0.15) is 21.5 Å². The molecule has 0 heterocycles. The number of carbonyl (C=O) groups is 1. The van der Waals surface area contributed by atoms with Crippen LogP contribution in [-0.4, -0.2) is 29.5 Å². The first kappa shape index (κ1) is 14.6. The maximum Gasteiger partial charge on any atom is 0.336 e.